The van der Waals surface area contributed by atoms with E-state index < -0.39 is 0 Å². The maximum atomic E-state index is 12.2. The average Bonchev–Trinajstić information content (AvgIpc) is 3.38. The molecule has 0 saturated heterocycles. The van der Waals surface area contributed by atoms with E-state index in [0.717, 1.165) is 11.3 Å². The Labute approximate surface area is 165 Å². The van der Waals surface area contributed by atoms with Crippen molar-refractivity contribution in [1.29, 1.82) is 0 Å². The van der Waals surface area contributed by atoms with Gasteiger partial charge in [-0.1, -0.05) is 6.07 Å². The first kappa shape index (κ1) is 18.0. The van der Waals surface area contributed by atoms with Crippen LogP contribution in [-0.4, -0.2) is 23.6 Å². The lowest BCUT2D eigenvalue weighted by Gasteiger charge is -2.07. The van der Waals surface area contributed by atoms with E-state index in [9.17, 15) is 9.59 Å². The summed E-state index contributed by atoms with van der Waals surface area (Å²) >= 11 is 1.35. The molecule has 0 spiro atoms. The van der Waals surface area contributed by atoms with Crippen LogP contribution in [0.15, 0.2) is 54.0 Å². The summed E-state index contributed by atoms with van der Waals surface area (Å²) in [6.07, 6.45) is 2.56. The summed E-state index contributed by atoms with van der Waals surface area (Å²) in [7, 11) is 0. The van der Waals surface area contributed by atoms with Crippen LogP contribution in [0.25, 0.3) is 0 Å². The number of rotatable bonds is 6. The van der Waals surface area contributed by atoms with Crippen molar-refractivity contribution in [2.24, 2.45) is 0 Å². The number of nitrogens with one attached hydrogen (secondary N) is 2. The number of aryl methyl sites for hydroxylation is 1. The van der Waals surface area contributed by atoms with E-state index in [4.69, 9.17) is 9.47 Å². The van der Waals surface area contributed by atoms with Gasteiger partial charge in [-0.3, -0.25) is 14.9 Å². The van der Waals surface area contributed by atoms with Crippen molar-refractivity contribution in [1.82, 2.24) is 4.98 Å². The topological polar surface area (TPSA) is 89.5 Å². The molecule has 8 heteroatoms. The third-order valence-electron chi connectivity index (χ3n) is 4.16. The van der Waals surface area contributed by atoms with E-state index in [1.165, 1.54) is 11.3 Å². The molecule has 0 saturated carbocycles. The van der Waals surface area contributed by atoms with Gasteiger partial charge < -0.3 is 14.8 Å². The second kappa shape index (κ2) is 8.10. The molecule has 2 N–H and O–H groups in total. The largest absolute Gasteiger partial charge is 0.454 e. The minimum Gasteiger partial charge on any atom is -0.454 e. The molecule has 3 aromatic rings. The molecule has 0 unspecified atom stereocenters. The number of fused-ring (bicyclic) bond motifs is 1. The molecular weight excluding hydrogens is 378 g/mol. The highest BCUT2D eigenvalue weighted by Gasteiger charge is 2.14. The molecule has 4 rings (SSSR count). The van der Waals surface area contributed by atoms with E-state index in [1.54, 1.807) is 35.8 Å². The van der Waals surface area contributed by atoms with Gasteiger partial charge in [-0.2, -0.15) is 0 Å². The molecule has 0 atom stereocenters. The lowest BCUT2D eigenvalue weighted by molar-refractivity contribution is -0.116. The maximum absolute atomic E-state index is 12.2. The number of carbonyl (C=O) groups excluding carboxylic acids is 2. The van der Waals surface area contributed by atoms with E-state index in [-0.39, 0.29) is 18.6 Å². The van der Waals surface area contributed by atoms with Gasteiger partial charge in [-0.25, -0.2) is 4.98 Å². The van der Waals surface area contributed by atoms with Crippen LogP contribution in [0.1, 0.15) is 22.3 Å². The van der Waals surface area contributed by atoms with Gasteiger partial charge in [0.2, 0.25) is 12.7 Å². The third-order valence-corrected chi connectivity index (χ3v) is 4.85. The van der Waals surface area contributed by atoms with E-state index in [0.29, 0.717) is 35.0 Å². The summed E-state index contributed by atoms with van der Waals surface area (Å²) in [5.41, 5.74) is 2.14. The molecule has 2 aromatic carbocycles. The fourth-order valence-corrected chi connectivity index (χ4v) is 3.26. The maximum Gasteiger partial charge on any atom is 0.257 e. The molecule has 2 amide bonds. The number of carbonyl (C=O) groups is 2. The fourth-order valence-electron chi connectivity index (χ4n) is 2.74. The highest BCUT2D eigenvalue weighted by atomic mass is 32.1. The molecule has 1 aliphatic heterocycles. The Kier molecular flexibility index (Phi) is 5.20. The Morgan fingerprint density at radius 3 is 2.64 bits per heavy atom. The summed E-state index contributed by atoms with van der Waals surface area (Å²) in [6.45, 7) is 0.233. The number of nitrogens with zero attached hydrogens (tertiary/aromatic N) is 1. The Morgan fingerprint density at radius 2 is 1.86 bits per heavy atom. The van der Waals surface area contributed by atoms with Crippen LogP contribution < -0.4 is 20.1 Å². The van der Waals surface area contributed by atoms with Crippen molar-refractivity contribution in [2.45, 2.75) is 12.8 Å². The van der Waals surface area contributed by atoms with Crippen LogP contribution in [0.5, 0.6) is 11.5 Å². The molecule has 2 heterocycles. The SMILES string of the molecule is O=C(CCc1ccc2c(c1)OCO2)Nc1ccc(C(=O)Nc2nccs2)cc1. The molecule has 7 nitrogen and oxygen atoms in total. The minimum absolute atomic E-state index is 0.0994. The minimum atomic E-state index is -0.240. The van der Waals surface area contributed by atoms with E-state index >= 15 is 0 Å². The summed E-state index contributed by atoms with van der Waals surface area (Å²) in [6, 6.07) is 12.4. The summed E-state index contributed by atoms with van der Waals surface area (Å²) < 4.78 is 10.6. The van der Waals surface area contributed by atoms with Gasteiger partial charge in [-0.05, 0) is 48.4 Å². The second-order valence-corrected chi connectivity index (χ2v) is 7.00. The van der Waals surface area contributed by atoms with Crippen molar-refractivity contribution in [3.63, 3.8) is 0 Å². The Bertz CT molecular complexity index is 987. The van der Waals surface area contributed by atoms with Gasteiger partial charge in [0.05, 0.1) is 0 Å². The fraction of sp³-hybridized carbons (Fsp3) is 0.150. The molecule has 0 radical (unpaired) electrons. The van der Waals surface area contributed by atoms with Gasteiger partial charge >= 0.3 is 0 Å². The van der Waals surface area contributed by atoms with Crippen LogP contribution in [0.2, 0.25) is 0 Å². The summed E-state index contributed by atoms with van der Waals surface area (Å²) in [4.78, 5) is 28.3. The quantitative estimate of drug-likeness (QED) is 0.664. The number of aromatic nitrogens is 1. The van der Waals surface area contributed by atoms with Crippen molar-refractivity contribution in [2.75, 3.05) is 17.4 Å². The smallest absolute Gasteiger partial charge is 0.257 e. The number of ether oxygens (including phenoxy) is 2. The monoisotopic (exact) mass is 395 g/mol. The number of hydrogen-bond donors (Lipinski definition) is 2. The molecule has 0 aliphatic carbocycles. The lowest BCUT2D eigenvalue weighted by atomic mass is 10.1. The predicted octanol–water partition coefficient (Wildman–Crippen LogP) is 3.70. The van der Waals surface area contributed by atoms with Crippen molar-refractivity contribution in [3.8, 4) is 11.5 Å². The van der Waals surface area contributed by atoms with Crippen LogP contribution in [0.4, 0.5) is 10.8 Å². The Hall–Kier alpha value is -3.39. The van der Waals surface area contributed by atoms with E-state index in [1.807, 2.05) is 18.2 Å². The van der Waals surface area contributed by atoms with E-state index in [2.05, 4.69) is 15.6 Å². The first-order valence-corrected chi connectivity index (χ1v) is 9.54. The number of anilines is 2. The van der Waals surface area contributed by atoms with Gasteiger partial charge in [0.1, 0.15) is 0 Å². The normalized spacial score (nSPS) is 11.9. The standard InChI is InChI=1S/C20H17N3O4S/c24-18(8-2-13-1-7-16-17(11-13)27-12-26-16)22-15-5-3-14(4-6-15)19(25)23-20-21-9-10-28-20/h1,3-7,9-11H,2,8,12H2,(H,22,24)(H,21,23,25). The average molecular weight is 395 g/mol. The summed E-state index contributed by atoms with van der Waals surface area (Å²) in [5.74, 6) is 1.10. The van der Waals surface area contributed by atoms with Crippen molar-refractivity contribution >= 4 is 34.0 Å². The zero-order valence-corrected chi connectivity index (χ0v) is 15.6. The predicted molar refractivity (Wildman–Crippen MR) is 106 cm³/mol. The number of thiazole rings is 1. The molecule has 1 aromatic heterocycles. The number of benzene rings is 2. The zero-order valence-electron chi connectivity index (χ0n) is 14.8. The zero-order chi connectivity index (χ0) is 19.3. The van der Waals surface area contributed by atoms with Crippen molar-refractivity contribution < 1.29 is 19.1 Å². The Morgan fingerprint density at radius 1 is 1.04 bits per heavy atom. The molecule has 142 valence electrons. The van der Waals surface area contributed by atoms with Gasteiger partial charge in [0, 0.05) is 29.2 Å². The van der Waals surface area contributed by atoms with Gasteiger partial charge in [0.25, 0.3) is 5.91 Å². The van der Waals surface area contributed by atoms with Crippen LogP contribution in [0.3, 0.4) is 0 Å². The number of hydrogen-bond acceptors (Lipinski definition) is 6. The second-order valence-electron chi connectivity index (χ2n) is 6.10. The van der Waals surface area contributed by atoms with Gasteiger partial charge in [0.15, 0.2) is 16.6 Å². The lowest BCUT2D eigenvalue weighted by Crippen LogP contribution is -2.14. The van der Waals surface area contributed by atoms with Gasteiger partial charge in [-0.15, -0.1) is 11.3 Å². The first-order valence-electron chi connectivity index (χ1n) is 8.67. The highest BCUT2D eigenvalue weighted by Crippen LogP contribution is 2.32. The first-order chi connectivity index (χ1) is 13.7. The number of amides is 2. The highest BCUT2D eigenvalue weighted by molar-refractivity contribution is 7.13. The van der Waals surface area contributed by atoms with Crippen LogP contribution in [0, 0.1) is 0 Å². The van der Waals surface area contributed by atoms with Crippen molar-refractivity contribution in [3.05, 3.63) is 65.2 Å². The van der Waals surface area contributed by atoms with Crippen LogP contribution >= 0.6 is 11.3 Å². The third kappa shape index (κ3) is 4.29. The van der Waals surface area contributed by atoms with Crippen LogP contribution in [-0.2, 0) is 11.2 Å². The summed E-state index contributed by atoms with van der Waals surface area (Å²) in [5, 5.41) is 7.89. The molecular formula is C20H17N3O4S. The molecule has 0 fully saturated rings. The molecule has 1 aliphatic rings. The molecule has 28 heavy (non-hydrogen) atoms. The molecule has 0 bridgehead atoms. The Balaban J connectivity index is 1.29.